The van der Waals surface area contributed by atoms with Crippen molar-refractivity contribution in [2.24, 2.45) is 0 Å². The molecule has 0 unspecified atom stereocenters. The number of para-hydroxylation sites is 1. The average molecular weight is 243 g/mol. The zero-order valence-corrected chi connectivity index (χ0v) is 9.39. The molecular formula is C14H10FNO2. The van der Waals surface area contributed by atoms with E-state index in [4.69, 9.17) is 10.1 Å². The lowest BCUT2D eigenvalue weighted by molar-refractivity contribution is 0.107. The van der Waals surface area contributed by atoms with Gasteiger partial charge < -0.3 is 10.1 Å². The van der Waals surface area contributed by atoms with Crippen LogP contribution in [0.25, 0.3) is 0 Å². The number of hydrogen-bond donors (Lipinski definition) is 1. The van der Waals surface area contributed by atoms with Crippen LogP contribution in [0.15, 0.2) is 48.5 Å². The van der Waals surface area contributed by atoms with E-state index >= 15 is 0 Å². The number of Topliss-reactive ketones (excluding diaryl/α,β-unsaturated/α-hetero) is 1. The SMILES string of the molecule is N=CC(=O)c1ccc(F)c(Oc2ccccc2)c1. The molecule has 0 saturated heterocycles. The summed E-state index contributed by atoms with van der Waals surface area (Å²) in [7, 11) is 0. The van der Waals surface area contributed by atoms with Crippen LogP contribution in [0.4, 0.5) is 4.39 Å². The number of carbonyl (C=O) groups is 1. The molecule has 0 aromatic heterocycles. The second-order valence-corrected chi connectivity index (χ2v) is 3.57. The number of halogens is 1. The van der Waals surface area contributed by atoms with Gasteiger partial charge in [-0.3, -0.25) is 4.79 Å². The van der Waals surface area contributed by atoms with Crippen LogP contribution in [0.5, 0.6) is 11.5 Å². The molecule has 0 aliphatic heterocycles. The highest BCUT2D eigenvalue weighted by Crippen LogP contribution is 2.25. The molecule has 0 atom stereocenters. The Labute approximate surface area is 103 Å². The zero-order chi connectivity index (χ0) is 13.0. The summed E-state index contributed by atoms with van der Waals surface area (Å²) in [5.41, 5.74) is 0.220. The summed E-state index contributed by atoms with van der Waals surface area (Å²) in [5.74, 6) is -0.599. The van der Waals surface area contributed by atoms with E-state index in [1.54, 1.807) is 24.3 Å². The molecule has 3 nitrogen and oxygen atoms in total. The molecule has 0 bridgehead atoms. The van der Waals surface area contributed by atoms with E-state index in [0.717, 1.165) is 6.07 Å². The number of rotatable bonds is 4. The monoisotopic (exact) mass is 243 g/mol. The fourth-order valence-electron chi connectivity index (χ4n) is 1.43. The lowest BCUT2D eigenvalue weighted by Gasteiger charge is -2.07. The van der Waals surface area contributed by atoms with Crippen molar-refractivity contribution in [1.29, 1.82) is 5.41 Å². The topological polar surface area (TPSA) is 50.2 Å². The highest BCUT2D eigenvalue weighted by molar-refractivity contribution is 6.34. The normalized spacial score (nSPS) is 9.83. The van der Waals surface area contributed by atoms with Gasteiger partial charge in [-0.15, -0.1) is 0 Å². The highest BCUT2D eigenvalue weighted by atomic mass is 19.1. The van der Waals surface area contributed by atoms with E-state index in [1.165, 1.54) is 12.1 Å². The fraction of sp³-hybridized carbons (Fsp3) is 0. The zero-order valence-electron chi connectivity index (χ0n) is 9.39. The maximum Gasteiger partial charge on any atom is 0.203 e. The molecule has 0 heterocycles. The predicted molar refractivity (Wildman–Crippen MR) is 66.0 cm³/mol. The minimum atomic E-state index is -0.555. The van der Waals surface area contributed by atoms with Crippen LogP contribution in [-0.2, 0) is 0 Å². The van der Waals surface area contributed by atoms with Gasteiger partial charge in [-0.25, -0.2) is 4.39 Å². The van der Waals surface area contributed by atoms with E-state index in [-0.39, 0.29) is 11.3 Å². The Bertz CT molecular complexity index is 582. The molecule has 2 aromatic carbocycles. The minimum Gasteiger partial charge on any atom is -0.454 e. The Kier molecular flexibility index (Phi) is 3.48. The lowest BCUT2D eigenvalue weighted by atomic mass is 10.1. The first-order valence-electron chi connectivity index (χ1n) is 5.28. The molecular weight excluding hydrogens is 233 g/mol. The van der Waals surface area contributed by atoms with Gasteiger partial charge in [-0.2, -0.15) is 0 Å². The Morgan fingerprint density at radius 2 is 1.89 bits per heavy atom. The summed E-state index contributed by atoms with van der Waals surface area (Å²) in [5, 5.41) is 6.88. The average Bonchev–Trinajstić information content (AvgIpc) is 2.41. The minimum absolute atomic E-state index is 0.0334. The number of ketones is 1. The number of hydrogen-bond acceptors (Lipinski definition) is 3. The van der Waals surface area contributed by atoms with E-state index in [2.05, 4.69) is 0 Å². The number of benzene rings is 2. The third-order valence-electron chi connectivity index (χ3n) is 2.32. The van der Waals surface area contributed by atoms with Crippen molar-refractivity contribution in [2.45, 2.75) is 0 Å². The van der Waals surface area contributed by atoms with Gasteiger partial charge in [0.1, 0.15) is 5.75 Å². The molecule has 2 rings (SSSR count). The van der Waals surface area contributed by atoms with Crippen LogP contribution in [0, 0.1) is 11.2 Å². The largest absolute Gasteiger partial charge is 0.454 e. The first kappa shape index (κ1) is 12.0. The van der Waals surface area contributed by atoms with Gasteiger partial charge in [-0.1, -0.05) is 18.2 Å². The van der Waals surface area contributed by atoms with Crippen molar-refractivity contribution in [3.8, 4) is 11.5 Å². The second kappa shape index (κ2) is 5.23. The third kappa shape index (κ3) is 2.60. The van der Waals surface area contributed by atoms with Crippen molar-refractivity contribution in [3.05, 3.63) is 59.9 Å². The summed E-state index contributed by atoms with van der Waals surface area (Å²) in [6.45, 7) is 0. The molecule has 18 heavy (non-hydrogen) atoms. The van der Waals surface area contributed by atoms with E-state index in [0.29, 0.717) is 12.0 Å². The Balaban J connectivity index is 2.32. The first-order chi connectivity index (χ1) is 8.70. The van der Waals surface area contributed by atoms with Crippen LogP contribution >= 0.6 is 0 Å². The van der Waals surface area contributed by atoms with Gasteiger partial charge >= 0.3 is 0 Å². The second-order valence-electron chi connectivity index (χ2n) is 3.57. The van der Waals surface area contributed by atoms with Gasteiger partial charge in [0.2, 0.25) is 5.78 Å². The van der Waals surface area contributed by atoms with Gasteiger partial charge in [0.25, 0.3) is 0 Å². The highest BCUT2D eigenvalue weighted by Gasteiger charge is 2.09. The van der Waals surface area contributed by atoms with Gasteiger partial charge in [0.15, 0.2) is 11.6 Å². The van der Waals surface area contributed by atoms with Gasteiger partial charge in [-0.05, 0) is 30.3 Å². The number of carbonyl (C=O) groups excluding carboxylic acids is 1. The predicted octanol–water partition coefficient (Wildman–Crippen LogP) is 3.45. The lowest BCUT2D eigenvalue weighted by Crippen LogP contribution is -2.00. The Hall–Kier alpha value is -2.49. The molecule has 2 aromatic rings. The quantitative estimate of drug-likeness (QED) is 0.660. The molecule has 0 radical (unpaired) electrons. The van der Waals surface area contributed by atoms with Crippen LogP contribution < -0.4 is 4.74 Å². The maximum absolute atomic E-state index is 13.5. The number of nitrogens with one attached hydrogen (secondary N) is 1. The molecule has 0 spiro atoms. The molecule has 90 valence electrons. The van der Waals surface area contributed by atoms with Crippen LogP contribution in [0.2, 0.25) is 0 Å². The summed E-state index contributed by atoms with van der Waals surface area (Å²) in [4.78, 5) is 11.3. The summed E-state index contributed by atoms with van der Waals surface area (Å²) < 4.78 is 18.9. The van der Waals surface area contributed by atoms with Crippen molar-refractivity contribution < 1.29 is 13.9 Å². The first-order valence-corrected chi connectivity index (χ1v) is 5.28. The van der Waals surface area contributed by atoms with Crippen LogP contribution in [-0.4, -0.2) is 12.0 Å². The molecule has 1 N–H and O–H groups in total. The summed E-state index contributed by atoms with van der Waals surface area (Å²) >= 11 is 0. The van der Waals surface area contributed by atoms with Gasteiger partial charge in [0, 0.05) is 5.56 Å². The molecule has 0 aliphatic carbocycles. The third-order valence-corrected chi connectivity index (χ3v) is 2.32. The molecule has 0 amide bonds. The van der Waals surface area contributed by atoms with Crippen LogP contribution in [0.3, 0.4) is 0 Å². The number of ether oxygens (including phenoxy) is 1. The summed E-state index contributed by atoms with van der Waals surface area (Å²) in [6.07, 6.45) is 0.680. The van der Waals surface area contributed by atoms with E-state index < -0.39 is 11.6 Å². The molecule has 0 fully saturated rings. The van der Waals surface area contributed by atoms with Crippen molar-refractivity contribution in [2.75, 3.05) is 0 Å². The van der Waals surface area contributed by atoms with Crippen molar-refractivity contribution in [1.82, 2.24) is 0 Å². The molecule has 0 saturated carbocycles. The van der Waals surface area contributed by atoms with Gasteiger partial charge in [0.05, 0.1) is 6.21 Å². The maximum atomic E-state index is 13.5. The Morgan fingerprint density at radius 3 is 2.56 bits per heavy atom. The van der Waals surface area contributed by atoms with Crippen molar-refractivity contribution >= 4 is 12.0 Å². The van der Waals surface area contributed by atoms with E-state index in [9.17, 15) is 9.18 Å². The molecule has 0 aliphatic rings. The standard InChI is InChI=1S/C14H10FNO2/c15-12-7-6-10(13(17)9-16)8-14(12)18-11-4-2-1-3-5-11/h1-9,16H. The Morgan fingerprint density at radius 1 is 1.17 bits per heavy atom. The van der Waals surface area contributed by atoms with E-state index in [1.807, 2.05) is 6.07 Å². The van der Waals surface area contributed by atoms with Crippen molar-refractivity contribution in [3.63, 3.8) is 0 Å². The molecule has 4 heteroatoms. The van der Waals surface area contributed by atoms with Crippen LogP contribution in [0.1, 0.15) is 10.4 Å². The summed E-state index contributed by atoms with van der Waals surface area (Å²) in [6, 6.07) is 12.5. The fourth-order valence-corrected chi connectivity index (χ4v) is 1.43. The smallest absolute Gasteiger partial charge is 0.203 e.